The lowest BCUT2D eigenvalue weighted by molar-refractivity contribution is 0.102. The molecule has 19 heavy (non-hydrogen) atoms. The Morgan fingerprint density at radius 1 is 1.11 bits per heavy atom. The van der Waals surface area contributed by atoms with Gasteiger partial charge in [0.15, 0.2) is 5.69 Å². The van der Waals surface area contributed by atoms with Crippen LogP contribution >= 0.6 is 0 Å². The van der Waals surface area contributed by atoms with Crippen molar-refractivity contribution >= 4 is 22.4 Å². The molecule has 94 valence electrons. The van der Waals surface area contributed by atoms with Gasteiger partial charge in [-0.25, -0.2) is 0 Å². The van der Waals surface area contributed by atoms with Gasteiger partial charge in [0.25, 0.3) is 5.91 Å². The Labute approximate surface area is 110 Å². The molecular formula is C15H13N3O. The van der Waals surface area contributed by atoms with Crippen LogP contribution in [0.25, 0.3) is 10.8 Å². The zero-order chi connectivity index (χ0) is 13.2. The highest BCUT2D eigenvalue weighted by atomic mass is 16.1. The van der Waals surface area contributed by atoms with Crippen LogP contribution < -0.4 is 5.32 Å². The molecule has 0 aliphatic carbocycles. The molecule has 0 bridgehead atoms. The number of aromatic nitrogens is 2. The average molecular weight is 251 g/mol. The lowest BCUT2D eigenvalue weighted by Crippen LogP contribution is -2.12. The van der Waals surface area contributed by atoms with Crippen molar-refractivity contribution in [3.8, 4) is 0 Å². The number of hydrogen-bond acceptors (Lipinski definition) is 2. The number of carbonyl (C=O) groups excluding carboxylic acids is 1. The number of anilines is 1. The van der Waals surface area contributed by atoms with Crippen molar-refractivity contribution in [3.05, 3.63) is 59.9 Å². The Morgan fingerprint density at radius 2 is 1.89 bits per heavy atom. The predicted molar refractivity (Wildman–Crippen MR) is 75.2 cm³/mol. The first-order valence-electron chi connectivity index (χ1n) is 6.04. The average Bonchev–Trinajstić information content (AvgIpc) is 2.85. The van der Waals surface area contributed by atoms with E-state index in [-0.39, 0.29) is 5.91 Å². The first-order chi connectivity index (χ1) is 9.22. The molecule has 0 fully saturated rings. The lowest BCUT2D eigenvalue weighted by Gasteiger charge is -2.04. The molecule has 0 aliphatic heterocycles. The summed E-state index contributed by atoms with van der Waals surface area (Å²) in [4.78, 5) is 12.0. The molecule has 0 spiro atoms. The quantitative estimate of drug-likeness (QED) is 0.735. The first kappa shape index (κ1) is 11.5. The van der Waals surface area contributed by atoms with Crippen LogP contribution in [0.2, 0.25) is 0 Å². The Morgan fingerprint density at radius 3 is 2.63 bits per heavy atom. The van der Waals surface area contributed by atoms with Crippen LogP contribution in [0, 0.1) is 6.92 Å². The molecule has 0 saturated heterocycles. The summed E-state index contributed by atoms with van der Waals surface area (Å²) in [5.41, 5.74) is 2.03. The third-order valence-electron chi connectivity index (χ3n) is 2.95. The fraction of sp³-hybridized carbons (Fsp3) is 0.0667. The Hall–Kier alpha value is -2.62. The van der Waals surface area contributed by atoms with Crippen LogP contribution in [-0.4, -0.2) is 16.1 Å². The number of hydrogen-bond donors (Lipinski definition) is 2. The number of nitrogens with one attached hydrogen (secondary N) is 2. The van der Waals surface area contributed by atoms with Crippen LogP contribution in [0.15, 0.2) is 48.5 Å². The van der Waals surface area contributed by atoms with Crippen LogP contribution in [0.4, 0.5) is 5.69 Å². The zero-order valence-corrected chi connectivity index (χ0v) is 10.5. The summed E-state index contributed by atoms with van der Waals surface area (Å²) in [6.07, 6.45) is 0. The maximum Gasteiger partial charge on any atom is 0.276 e. The maximum absolute atomic E-state index is 12.0. The Balaban J connectivity index is 1.87. The minimum absolute atomic E-state index is 0.209. The monoisotopic (exact) mass is 251 g/mol. The lowest BCUT2D eigenvalue weighted by atomic mass is 10.1. The summed E-state index contributed by atoms with van der Waals surface area (Å²) in [5, 5.41) is 11.8. The summed E-state index contributed by atoms with van der Waals surface area (Å²) in [6.45, 7) is 1.86. The van der Waals surface area contributed by atoms with E-state index in [1.165, 1.54) is 0 Å². The predicted octanol–water partition coefficient (Wildman–Crippen LogP) is 3.12. The molecule has 0 saturated carbocycles. The van der Waals surface area contributed by atoms with Crippen molar-refractivity contribution in [1.82, 2.24) is 10.2 Å². The van der Waals surface area contributed by atoms with E-state index in [0.29, 0.717) is 5.69 Å². The van der Waals surface area contributed by atoms with Gasteiger partial charge in [0.1, 0.15) is 0 Å². The summed E-state index contributed by atoms with van der Waals surface area (Å²) < 4.78 is 0. The van der Waals surface area contributed by atoms with Crippen LogP contribution in [0.5, 0.6) is 0 Å². The van der Waals surface area contributed by atoms with E-state index >= 15 is 0 Å². The highest BCUT2D eigenvalue weighted by Gasteiger charge is 2.09. The number of carbonyl (C=O) groups is 1. The van der Waals surface area contributed by atoms with Crippen LogP contribution in [0.3, 0.4) is 0 Å². The second-order valence-corrected chi connectivity index (χ2v) is 4.45. The normalized spacial score (nSPS) is 10.6. The van der Waals surface area contributed by atoms with Crippen LogP contribution in [0.1, 0.15) is 16.2 Å². The molecule has 2 aromatic carbocycles. The van der Waals surface area contributed by atoms with E-state index in [9.17, 15) is 4.79 Å². The number of aryl methyl sites for hydroxylation is 1. The van der Waals surface area contributed by atoms with Crippen molar-refractivity contribution < 1.29 is 4.79 Å². The number of nitrogens with zero attached hydrogens (tertiary/aromatic N) is 1. The third-order valence-corrected chi connectivity index (χ3v) is 2.95. The molecule has 0 unspecified atom stereocenters. The van der Waals surface area contributed by atoms with Crippen molar-refractivity contribution in [3.63, 3.8) is 0 Å². The molecule has 1 heterocycles. The summed E-state index contributed by atoms with van der Waals surface area (Å²) in [5.74, 6) is -0.209. The molecular weight excluding hydrogens is 238 g/mol. The van der Waals surface area contributed by atoms with E-state index in [1.54, 1.807) is 6.07 Å². The van der Waals surface area contributed by atoms with E-state index in [1.807, 2.05) is 49.4 Å². The minimum atomic E-state index is -0.209. The number of aromatic amines is 1. The van der Waals surface area contributed by atoms with E-state index in [0.717, 1.165) is 22.2 Å². The van der Waals surface area contributed by atoms with Gasteiger partial charge < -0.3 is 5.32 Å². The second kappa shape index (κ2) is 4.57. The number of amides is 1. The van der Waals surface area contributed by atoms with Gasteiger partial charge in [-0.05, 0) is 35.9 Å². The standard InChI is InChI=1S/C15H13N3O/c1-10-8-14(18-17-10)15(19)16-13-7-6-11-4-2-3-5-12(11)9-13/h2-9H,1H3,(H,16,19)(H,17,18). The zero-order valence-electron chi connectivity index (χ0n) is 10.5. The molecule has 1 amide bonds. The molecule has 2 N–H and O–H groups in total. The van der Waals surface area contributed by atoms with Gasteiger partial charge in [0, 0.05) is 11.4 Å². The van der Waals surface area contributed by atoms with Crippen molar-refractivity contribution in [2.45, 2.75) is 6.92 Å². The molecule has 0 aliphatic rings. The molecule has 4 heteroatoms. The van der Waals surface area contributed by atoms with E-state index in [2.05, 4.69) is 15.5 Å². The summed E-state index contributed by atoms with van der Waals surface area (Å²) >= 11 is 0. The van der Waals surface area contributed by atoms with Crippen molar-refractivity contribution in [1.29, 1.82) is 0 Å². The van der Waals surface area contributed by atoms with Gasteiger partial charge in [0.2, 0.25) is 0 Å². The van der Waals surface area contributed by atoms with Gasteiger partial charge in [0.05, 0.1) is 0 Å². The highest BCUT2D eigenvalue weighted by Crippen LogP contribution is 2.19. The van der Waals surface area contributed by atoms with Gasteiger partial charge in [-0.2, -0.15) is 5.10 Å². The van der Waals surface area contributed by atoms with Gasteiger partial charge in [-0.15, -0.1) is 0 Å². The number of H-pyrrole nitrogens is 1. The summed E-state index contributed by atoms with van der Waals surface area (Å²) in [6, 6.07) is 15.6. The third kappa shape index (κ3) is 2.33. The Kier molecular flexibility index (Phi) is 2.76. The van der Waals surface area contributed by atoms with Gasteiger partial charge in [-0.1, -0.05) is 30.3 Å². The SMILES string of the molecule is Cc1cc(C(=O)Nc2ccc3ccccc3c2)n[nH]1. The smallest absolute Gasteiger partial charge is 0.276 e. The van der Waals surface area contributed by atoms with Crippen molar-refractivity contribution in [2.75, 3.05) is 5.32 Å². The fourth-order valence-electron chi connectivity index (χ4n) is 2.00. The topological polar surface area (TPSA) is 57.8 Å². The fourth-order valence-corrected chi connectivity index (χ4v) is 2.00. The highest BCUT2D eigenvalue weighted by molar-refractivity contribution is 6.04. The molecule has 1 aromatic heterocycles. The largest absolute Gasteiger partial charge is 0.321 e. The molecule has 0 radical (unpaired) electrons. The maximum atomic E-state index is 12.0. The van der Waals surface area contributed by atoms with Gasteiger partial charge in [-0.3, -0.25) is 9.89 Å². The molecule has 3 aromatic rings. The molecule has 3 rings (SSSR count). The molecule has 4 nitrogen and oxygen atoms in total. The number of rotatable bonds is 2. The second-order valence-electron chi connectivity index (χ2n) is 4.45. The van der Waals surface area contributed by atoms with Crippen LogP contribution in [-0.2, 0) is 0 Å². The number of fused-ring (bicyclic) bond motifs is 1. The first-order valence-corrected chi connectivity index (χ1v) is 6.04. The van der Waals surface area contributed by atoms with Crippen molar-refractivity contribution in [2.24, 2.45) is 0 Å². The van der Waals surface area contributed by atoms with Gasteiger partial charge >= 0.3 is 0 Å². The number of benzene rings is 2. The van der Waals surface area contributed by atoms with E-state index in [4.69, 9.17) is 0 Å². The Bertz CT molecular complexity index is 746. The molecule has 0 atom stereocenters. The van der Waals surface area contributed by atoms with E-state index < -0.39 is 0 Å². The minimum Gasteiger partial charge on any atom is -0.321 e. The summed E-state index contributed by atoms with van der Waals surface area (Å²) in [7, 11) is 0.